The highest BCUT2D eigenvalue weighted by Gasteiger charge is 2.18. The lowest BCUT2D eigenvalue weighted by atomic mass is 10.1. The molecule has 0 saturated carbocycles. The minimum absolute atomic E-state index is 0.0140. The van der Waals surface area contributed by atoms with Gasteiger partial charge in [-0.05, 0) is 36.6 Å². The third-order valence-corrected chi connectivity index (χ3v) is 3.82. The minimum atomic E-state index is -0.233. The van der Waals surface area contributed by atoms with Crippen LogP contribution in [0.15, 0.2) is 36.5 Å². The van der Waals surface area contributed by atoms with Crippen molar-refractivity contribution in [2.24, 2.45) is 0 Å². The third kappa shape index (κ3) is 3.16. The van der Waals surface area contributed by atoms with Crippen LogP contribution in [0.25, 0.3) is 11.3 Å². The number of nitrogens with zero attached hydrogens (tertiary/aromatic N) is 2. The maximum absolute atomic E-state index is 12.1. The maximum Gasteiger partial charge on any atom is 0.251 e. The largest absolute Gasteiger partial charge is 0.343 e. The lowest BCUT2D eigenvalue weighted by Crippen LogP contribution is -2.38. The smallest absolute Gasteiger partial charge is 0.251 e. The van der Waals surface area contributed by atoms with Gasteiger partial charge < -0.3 is 10.2 Å². The number of hydrogen-bond donors (Lipinski definition) is 2. The van der Waals surface area contributed by atoms with E-state index >= 15 is 0 Å². The molecule has 0 atom stereocenters. The number of aromatic nitrogens is 2. The van der Waals surface area contributed by atoms with Crippen molar-refractivity contribution in [3.63, 3.8) is 0 Å². The second-order valence-electron chi connectivity index (χ2n) is 5.32. The fourth-order valence-corrected chi connectivity index (χ4v) is 2.55. The molecule has 1 aromatic carbocycles. The fraction of sp³-hybridized carbons (Fsp3) is 0.312. The summed E-state index contributed by atoms with van der Waals surface area (Å²) in [7, 11) is 0. The molecule has 1 aliphatic rings. The molecule has 0 unspecified atom stereocenters. The number of likely N-dealkylation sites (tertiary alicyclic amines) is 1. The van der Waals surface area contributed by atoms with E-state index in [-0.39, 0.29) is 18.4 Å². The maximum atomic E-state index is 12.1. The topological polar surface area (TPSA) is 78.1 Å². The lowest BCUT2D eigenvalue weighted by Gasteiger charge is -2.15. The molecule has 114 valence electrons. The average Bonchev–Trinajstić information content (AvgIpc) is 3.25. The SMILES string of the molecule is O=C(NCC(=O)N1CCCC1)c1ccc(-c2ccn[nH]2)cc1. The summed E-state index contributed by atoms with van der Waals surface area (Å²) in [5, 5.41) is 9.45. The Bertz CT molecular complexity index is 643. The van der Waals surface area contributed by atoms with Crippen LogP contribution in [0.2, 0.25) is 0 Å². The molecular weight excluding hydrogens is 280 g/mol. The number of carbonyl (C=O) groups is 2. The molecule has 1 saturated heterocycles. The molecule has 2 amide bonds. The number of rotatable bonds is 4. The molecule has 0 bridgehead atoms. The van der Waals surface area contributed by atoms with Crippen molar-refractivity contribution in [2.45, 2.75) is 12.8 Å². The number of H-pyrrole nitrogens is 1. The van der Waals surface area contributed by atoms with E-state index in [4.69, 9.17) is 0 Å². The highest BCUT2D eigenvalue weighted by atomic mass is 16.2. The summed E-state index contributed by atoms with van der Waals surface area (Å²) in [5.41, 5.74) is 2.40. The second-order valence-corrected chi connectivity index (χ2v) is 5.32. The van der Waals surface area contributed by atoms with E-state index in [1.165, 1.54) is 0 Å². The van der Waals surface area contributed by atoms with Gasteiger partial charge in [0.05, 0.1) is 12.2 Å². The van der Waals surface area contributed by atoms with Gasteiger partial charge in [0.2, 0.25) is 5.91 Å². The zero-order valence-electron chi connectivity index (χ0n) is 12.2. The molecule has 1 fully saturated rings. The summed E-state index contributed by atoms with van der Waals surface area (Å²) >= 11 is 0. The Balaban J connectivity index is 1.57. The van der Waals surface area contributed by atoms with Gasteiger partial charge in [0.1, 0.15) is 0 Å². The highest BCUT2D eigenvalue weighted by Crippen LogP contribution is 2.16. The van der Waals surface area contributed by atoms with Gasteiger partial charge in [-0.2, -0.15) is 5.10 Å². The second kappa shape index (κ2) is 6.43. The van der Waals surface area contributed by atoms with E-state index in [1.54, 1.807) is 23.2 Å². The molecule has 2 N–H and O–H groups in total. The zero-order valence-corrected chi connectivity index (χ0v) is 12.2. The van der Waals surface area contributed by atoms with Crippen LogP contribution in [0.5, 0.6) is 0 Å². The van der Waals surface area contributed by atoms with E-state index in [0.29, 0.717) is 5.56 Å². The minimum Gasteiger partial charge on any atom is -0.343 e. The first-order valence-electron chi connectivity index (χ1n) is 7.40. The van der Waals surface area contributed by atoms with Gasteiger partial charge in [-0.1, -0.05) is 12.1 Å². The number of carbonyl (C=O) groups excluding carboxylic acids is 2. The van der Waals surface area contributed by atoms with Gasteiger partial charge in [0, 0.05) is 24.8 Å². The van der Waals surface area contributed by atoms with Crippen LogP contribution in [0, 0.1) is 0 Å². The van der Waals surface area contributed by atoms with Crippen LogP contribution in [0.1, 0.15) is 23.2 Å². The molecule has 6 nitrogen and oxygen atoms in total. The number of hydrogen-bond acceptors (Lipinski definition) is 3. The Hall–Kier alpha value is -2.63. The van der Waals surface area contributed by atoms with E-state index in [2.05, 4.69) is 15.5 Å². The number of nitrogens with one attached hydrogen (secondary N) is 2. The van der Waals surface area contributed by atoms with E-state index in [0.717, 1.165) is 37.2 Å². The first-order valence-corrected chi connectivity index (χ1v) is 7.40. The summed E-state index contributed by atoms with van der Waals surface area (Å²) in [5.74, 6) is -0.247. The summed E-state index contributed by atoms with van der Waals surface area (Å²) in [6.07, 6.45) is 3.78. The molecule has 0 spiro atoms. The van der Waals surface area contributed by atoms with Gasteiger partial charge in [0.25, 0.3) is 5.91 Å². The Kier molecular flexibility index (Phi) is 4.18. The molecule has 2 heterocycles. The zero-order chi connectivity index (χ0) is 15.4. The first-order chi connectivity index (χ1) is 10.7. The van der Waals surface area contributed by atoms with Crippen molar-refractivity contribution in [1.82, 2.24) is 20.4 Å². The molecular formula is C16H18N4O2. The molecule has 3 rings (SSSR count). The van der Waals surface area contributed by atoms with Crippen molar-refractivity contribution in [2.75, 3.05) is 19.6 Å². The van der Waals surface area contributed by atoms with Gasteiger partial charge in [-0.15, -0.1) is 0 Å². The normalized spacial score (nSPS) is 14.1. The summed E-state index contributed by atoms with van der Waals surface area (Å²) in [6, 6.07) is 9.05. The van der Waals surface area contributed by atoms with Crippen LogP contribution in [0.4, 0.5) is 0 Å². The fourth-order valence-electron chi connectivity index (χ4n) is 2.55. The molecule has 22 heavy (non-hydrogen) atoms. The molecule has 0 radical (unpaired) electrons. The van der Waals surface area contributed by atoms with Crippen molar-refractivity contribution in [1.29, 1.82) is 0 Å². The van der Waals surface area contributed by atoms with Gasteiger partial charge in [0.15, 0.2) is 0 Å². The Morgan fingerprint density at radius 2 is 1.86 bits per heavy atom. The average molecular weight is 298 g/mol. The van der Waals surface area contributed by atoms with E-state index in [9.17, 15) is 9.59 Å². The molecule has 6 heteroatoms. The molecule has 2 aromatic rings. The monoisotopic (exact) mass is 298 g/mol. The van der Waals surface area contributed by atoms with Crippen LogP contribution < -0.4 is 5.32 Å². The third-order valence-electron chi connectivity index (χ3n) is 3.82. The number of benzene rings is 1. The Labute approximate surface area is 128 Å². The highest BCUT2D eigenvalue weighted by molar-refractivity contribution is 5.96. The Morgan fingerprint density at radius 1 is 1.14 bits per heavy atom. The predicted octanol–water partition coefficient (Wildman–Crippen LogP) is 1.43. The van der Waals surface area contributed by atoms with Gasteiger partial charge >= 0.3 is 0 Å². The Morgan fingerprint density at radius 3 is 2.50 bits per heavy atom. The summed E-state index contributed by atoms with van der Waals surface area (Å²) in [6.45, 7) is 1.66. The van der Waals surface area contributed by atoms with Crippen molar-refractivity contribution in [3.05, 3.63) is 42.1 Å². The number of amides is 2. The van der Waals surface area contributed by atoms with E-state index in [1.807, 2.05) is 18.2 Å². The van der Waals surface area contributed by atoms with Crippen molar-refractivity contribution >= 4 is 11.8 Å². The van der Waals surface area contributed by atoms with Crippen molar-refractivity contribution < 1.29 is 9.59 Å². The van der Waals surface area contributed by atoms with Crippen LogP contribution in [-0.4, -0.2) is 46.5 Å². The predicted molar refractivity (Wildman–Crippen MR) is 82.2 cm³/mol. The van der Waals surface area contributed by atoms with Crippen LogP contribution in [0.3, 0.4) is 0 Å². The molecule has 0 aliphatic carbocycles. The van der Waals surface area contributed by atoms with Crippen molar-refractivity contribution in [3.8, 4) is 11.3 Å². The van der Waals surface area contributed by atoms with Crippen LogP contribution in [-0.2, 0) is 4.79 Å². The molecule has 1 aliphatic heterocycles. The lowest BCUT2D eigenvalue weighted by molar-refractivity contribution is -0.129. The molecule has 1 aromatic heterocycles. The quantitative estimate of drug-likeness (QED) is 0.896. The first kappa shape index (κ1) is 14.3. The van der Waals surface area contributed by atoms with Gasteiger partial charge in [-0.25, -0.2) is 0 Å². The standard InChI is InChI=1S/C16H18N4O2/c21-15(20-9-1-2-10-20)11-17-16(22)13-5-3-12(4-6-13)14-7-8-18-19-14/h3-8H,1-2,9-11H2,(H,17,22)(H,18,19). The summed E-state index contributed by atoms with van der Waals surface area (Å²) in [4.78, 5) is 25.7. The summed E-state index contributed by atoms with van der Waals surface area (Å²) < 4.78 is 0. The number of aromatic amines is 1. The van der Waals surface area contributed by atoms with Crippen LogP contribution >= 0.6 is 0 Å². The van der Waals surface area contributed by atoms with E-state index < -0.39 is 0 Å². The van der Waals surface area contributed by atoms with Gasteiger partial charge in [-0.3, -0.25) is 14.7 Å².